The number of hydrogen-bond donors (Lipinski definition) is 0. The van der Waals surface area contributed by atoms with Gasteiger partial charge in [0.2, 0.25) is 0 Å². The number of ether oxygens (including phenoxy) is 3. The van der Waals surface area contributed by atoms with Gasteiger partial charge in [-0.05, 0) is 53.6 Å². The fourth-order valence-electron chi connectivity index (χ4n) is 2.27. The van der Waals surface area contributed by atoms with Gasteiger partial charge in [-0.3, -0.25) is 0 Å². The molecule has 0 saturated carbocycles. The minimum Gasteiger partial charge on any atom is -0.493 e. The first kappa shape index (κ1) is 18.9. The van der Waals surface area contributed by atoms with Crippen LogP contribution in [0.5, 0.6) is 17.2 Å². The summed E-state index contributed by atoms with van der Waals surface area (Å²) in [7, 11) is 1.58. The number of rotatable bonds is 9. The zero-order valence-corrected chi connectivity index (χ0v) is 14.8. The van der Waals surface area contributed by atoms with Gasteiger partial charge in [0.15, 0.2) is 11.5 Å². The molecule has 0 heterocycles. The topological polar surface area (TPSA) is 51.5 Å². The quantitative estimate of drug-likeness (QED) is 0.368. The number of nitriles is 1. The van der Waals surface area contributed by atoms with E-state index in [0.29, 0.717) is 30.3 Å². The molecule has 0 aliphatic rings. The van der Waals surface area contributed by atoms with E-state index in [1.54, 1.807) is 25.3 Å². The first-order chi connectivity index (χ1) is 12.7. The van der Waals surface area contributed by atoms with Crippen LogP contribution in [0.15, 0.2) is 67.8 Å². The summed E-state index contributed by atoms with van der Waals surface area (Å²) in [6.07, 6.45) is 5.16. The standard InChI is InChI=1S/C22H21NO3/c1-4-12-25-20-9-7-18(8-10-20)19(16-23)14-17-6-11-21(26-13-5-2)22(15-17)24-3/h4-11,14-15H,1-2,12-13H2,3H3/b19-14+. The van der Waals surface area contributed by atoms with E-state index in [2.05, 4.69) is 19.2 Å². The van der Waals surface area contributed by atoms with E-state index in [1.165, 1.54) is 0 Å². The summed E-state index contributed by atoms with van der Waals surface area (Å²) in [5.41, 5.74) is 2.20. The van der Waals surface area contributed by atoms with Crippen molar-refractivity contribution in [3.8, 4) is 23.3 Å². The molecule has 0 spiro atoms. The SMILES string of the molecule is C=CCOc1ccc(/C(C#N)=C/c2ccc(OCC=C)c(OC)c2)cc1. The summed E-state index contributed by atoms with van der Waals surface area (Å²) < 4.78 is 16.4. The smallest absolute Gasteiger partial charge is 0.161 e. The Morgan fingerprint density at radius 2 is 1.69 bits per heavy atom. The Kier molecular flexibility index (Phi) is 7.08. The molecule has 2 aromatic carbocycles. The van der Waals surface area contributed by atoms with Gasteiger partial charge in [-0.15, -0.1) is 0 Å². The average Bonchev–Trinajstić information content (AvgIpc) is 2.69. The summed E-state index contributed by atoms with van der Waals surface area (Å²) >= 11 is 0. The molecule has 0 N–H and O–H groups in total. The number of allylic oxidation sites excluding steroid dienone is 1. The van der Waals surface area contributed by atoms with Crippen molar-refractivity contribution in [2.75, 3.05) is 20.3 Å². The van der Waals surface area contributed by atoms with Gasteiger partial charge in [-0.2, -0.15) is 5.26 Å². The molecule has 132 valence electrons. The fourth-order valence-corrected chi connectivity index (χ4v) is 2.27. The Bertz CT molecular complexity index is 829. The Morgan fingerprint density at radius 3 is 2.31 bits per heavy atom. The lowest BCUT2D eigenvalue weighted by atomic mass is 10.0. The molecule has 2 aromatic rings. The van der Waals surface area contributed by atoms with Crippen LogP contribution >= 0.6 is 0 Å². The molecule has 4 heteroatoms. The van der Waals surface area contributed by atoms with Gasteiger partial charge in [-0.1, -0.05) is 31.4 Å². The van der Waals surface area contributed by atoms with Crippen molar-refractivity contribution in [2.24, 2.45) is 0 Å². The molecule has 4 nitrogen and oxygen atoms in total. The van der Waals surface area contributed by atoms with Crippen molar-refractivity contribution in [3.63, 3.8) is 0 Å². The van der Waals surface area contributed by atoms with E-state index in [1.807, 2.05) is 42.5 Å². The third-order valence-electron chi connectivity index (χ3n) is 3.51. The molecule has 0 atom stereocenters. The van der Waals surface area contributed by atoms with Gasteiger partial charge in [0.1, 0.15) is 19.0 Å². The normalized spacial score (nSPS) is 10.5. The molecule has 26 heavy (non-hydrogen) atoms. The summed E-state index contributed by atoms with van der Waals surface area (Å²) in [6, 6.07) is 15.1. The van der Waals surface area contributed by atoms with Crippen LogP contribution in [-0.4, -0.2) is 20.3 Å². The molecule has 2 rings (SSSR count). The summed E-state index contributed by atoms with van der Waals surface area (Å²) in [4.78, 5) is 0. The molecule has 0 aromatic heterocycles. The maximum absolute atomic E-state index is 9.52. The predicted molar refractivity (Wildman–Crippen MR) is 104 cm³/mol. The van der Waals surface area contributed by atoms with Crippen molar-refractivity contribution < 1.29 is 14.2 Å². The zero-order valence-electron chi connectivity index (χ0n) is 14.8. The first-order valence-electron chi connectivity index (χ1n) is 8.09. The third-order valence-corrected chi connectivity index (χ3v) is 3.51. The van der Waals surface area contributed by atoms with Gasteiger partial charge < -0.3 is 14.2 Å². The van der Waals surface area contributed by atoms with Crippen LogP contribution in [0, 0.1) is 11.3 Å². The molecule has 0 bridgehead atoms. The summed E-state index contributed by atoms with van der Waals surface area (Å²) in [6.45, 7) is 8.09. The first-order valence-corrected chi connectivity index (χ1v) is 8.09. The molecule has 0 aliphatic carbocycles. The van der Waals surface area contributed by atoms with Crippen LogP contribution in [0.1, 0.15) is 11.1 Å². The molecular weight excluding hydrogens is 326 g/mol. The van der Waals surface area contributed by atoms with Gasteiger partial charge in [0.05, 0.1) is 18.8 Å². The maximum atomic E-state index is 9.52. The second kappa shape index (κ2) is 9.75. The van der Waals surface area contributed by atoms with E-state index in [0.717, 1.165) is 16.9 Å². The van der Waals surface area contributed by atoms with Crippen molar-refractivity contribution >= 4 is 11.6 Å². The third kappa shape index (κ3) is 5.02. The second-order valence-electron chi connectivity index (χ2n) is 5.30. The Morgan fingerprint density at radius 1 is 1.00 bits per heavy atom. The van der Waals surface area contributed by atoms with Gasteiger partial charge in [0.25, 0.3) is 0 Å². The van der Waals surface area contributed by atoms with Crippen molar-refractivity contribution in [1.29, 1.82) is 5.26 Å². The molecular formula is C22H21NO3. The lowest BCUT2D eigenvalue weighted by Crippen LogP contribution is -1.96. The lowest BCUT2D eigenvalue weighted by Gasteiger charge is -2.10. The monoisotopic (exact) mass is 347 g/mol. The number of nitrogens with zero attached hydrogens (tertiary/aromatic N) is 1. The predicted octanol–water partition coefficient (Wildman–Crippen LogP) is 4.89. The van der Waals surface area contributed by atoms with Crippen molar-refractivity contribution in [1.82, 2.24) is 0 Å². The van der Waals surface area contributed by atoms with E-state index >= 15 is 0 Å². The molecule has 0 unspecified atom stereocenters. The minimum atomic E-state index is 0.398. The molecule has 0 fully saturated rings. The van der Waals surface area contributed by atoms with Crippen LogP contribution < -0.4 is 14.2 Å². The van der Waals surface area contributed by atoms with Crippen LogP contribution in [0.3, 0.4) is 0 Å². The van der Waals surface area contributed by atoms with Crippen LogP contribution in [0.2, 0.25) is 0 Å². The average molecular weight is 347 g/mol. The van der Waals surface area contributed by atoms with Crippen LogP contribution in [0.25, 0.3) is 11.6 Å². The van der Waals surface area contributed by atoms with E-state index in [4.69, 9.17) is 14.2 Å². The Balaban J connectivity index is 2.26. The van der Waals surface area contributed by atoms with Gasteiger partial charge in [-0.25, -0.2) is 0 Å². The maximum Gasteiger partial charge on any atom is 0.161 e. The second-order valence-corrected chi connectivity index (χ2v) is 5.30. The zero-order chi connectivity index (χ0) is 18.8. The van der Waals surface area contributed by atoms with Crippen molar-refractivity contribution in [3.05, 3.63) is 78.9 Å². The highest BCUT2D eigenvalue weighted by atomic mass is 16.5. The fraction of sp³-hybridized carbons (Fsp3) is 0.136. The number of benzene rings is 2. The molecule has 0 saturated heterocycles. The van der Waals surface area contributed by atoms with Crippen LogP contribution in [0.4, 0.5) is 0 Å². The van der Waals surface area contributed by atoms with Crippen LogP contribution in [-0.2, 0) is 0 Å². The number of hydrogen-bond acceptors (Lipinski definition) is 4. The summed E-state index contributed by atoms with van der Waals surface area (Å²) in [5.74, 6) is 1.97. The Hall–Kier alpha value is -3.45. The lowest BCUT2D eigenvalue weighted by molar-refractivity contribution is 0.326. The molecule has 0 aliphatic heterocycles. The van der Waals surface area contributed by atoms with E-state index < -0.39 is 0 Å². The highest BCUT2D eigenvalue weighted by Gasteiger charge is 2.07. The molecule has 0 radical (unpaired) electrons. The van der Waals surface area contributed by atoms with Gasteiger partial charge >= 0.3 is 0 Å². The highest BCUT2D eigenvalue weighted by Crippen LogP contribution is 2.30. The van der Waals surface area contributed by atoms with Crippen molar-refractivity contribution in [2.45, 2.75) is 0 Å². The van der Waals surface area contributed by atoms with E-state index in [9.17, 15) is 5.26 Å². The summed E-state index contributed by atoms with van der Waals surface area (Å²) in [5, 5.41) is 9.52. The Labute approximate surface area is 154 Å². The van der Waals surface area contributed by atoms with Gasteiger partial charge in [0, 0.05) is 0 Å². The van der Waals surface area contributed by atoms with E-state index in [-0.39, 0.29) is 0 Å². The highest BCUT2D eigenvalue weighted by molar-refractivity contribution is 5.90. The molecule has 0 amide bonds. The largest absolute Gasteiger partial charge is 0.493 e. The minimum absolute atomic E-state index is 0.398. The number of methoxy groups -OCH3 is 1.